The average molecular weight is 200 g/mol. The molecule has 1 heterocycles. The number of hydrogen-bond donors (Lipinski definition) is 3. The van der Waals surface area contributed by atoms with Crippen LogP contribution in [0.3, 0.4) is 0 Å². The van der Waals surface area contributed by atoms with Crippen molar-refractivity contribution >= 4 is 28.2 Å². The standard InChI is InChI=1S/C7H8N2O3S/c8-6(12)4-1-3(2-5(10)11)13-7(4)9/h1H,2,9H2,(H2,8,12)(H,10,11). The Morgan fingerprint density at radius 1 is 1.54 bits per heavy atom. The van der Waals surface area contributed by atoms with Gasteiger partial charge in [-0.25, -0.2) is 0 Å². The Morgan fingerprint density at radius 2 is 2.15 bits per heavy atom. The van der Waals surface area contributed by atoms with Gasteiger partial charge in [-0.2, -0.15) is 0 Å². The van der Waals surface area contributed by atoms with Crippen LogP contribution in [-0.4, -0.2) is 17.0 Å². The zero-order valence-electron chi connectivity index (χ0n) is 6.61. The Hall–Kier alpha value is -1.56. The van der Waals surface area contributed by atoms with Gasteiger partial charge in [-0.05, 0) is 6.07 Å². The lowest BCUT2D eigenvalue weighted by atomic mass is 10.2. The number of carbonyl (C=O) groups is 2. The molecule has 0 aliphatic heterocycles. The first-order chi connectivity index (χ1) is 6.00. The summed E-state index contributed by atoms with van der Waals surface area (Å²) in [5, 5.41) is 8.72. The number of carbonyl (C=O) groups excluding carboxylic acids is 1. The molecule has 0 unspecified atom stereocenters. The van der Waals surface area contributed by atoms with Gasteiger partial charge in [-0.1, -0.05) is 0 Å². The number of thiophene rings is 1. The molecule has 0 aliphatic rings. The molecule has 13 heavy (non-hydrogen) atoms. The third kappa shape index (κ3) is 2.19. The van der Waals surface area contributed by atoms with Gasteiger partial charge in [0, 0.05) is 4.88 Å². The number of carboxylic acids is 1. The maximum absolute atomic E-state index is 10.7. The summed E-state index contributed by atoms with van der Waals surface area (Å²) in [5.41, 5.74) is 10.6. The summed E-state index contributed by atoms with van der Waals surface area (Å²) in [7, 11) is 0. The van der Waals surface area contributed by atoms with Crippen molar-refractivity contribution in [3.63, 3.8) is 0 Å². The van der Waals surface area contributed by atoms with E-state index in [1.165, 1.54) is 6.07 Å². The number of primary amides is 1. The van der Waals surface area contributed by atoms with Gasteiger partial charge in [0.1, 0.15) is 0 Å². The Bertz CT molecular complexity index is 359. The fourth-order valence-electron chi connectivity index (χ4n) is 0.887. The number of carboxylic acid groups (broad SMARTS) is 1. The van der Waals surface area contributed by atoms with E-state index in [0.717, 1.165) is 11.3 Å². The molecule has 0 bridgehead atoms. The van der Waals surface area contributed by atoms with E-state index in [0.29, 0.717) is 4.88 Å². The van der Waals surface area contributed by atoms with Crippen molar-refractivity contribution < 1.29 is 14.7 Å². The number of aliphatic carboxylic acids is 1. The minimum Gasteiger partial charge on any atom is -0.481 e. The molecular weight excluding hydrogens is 192 g/mol. The van der Waals surface area contributed by atoms with Crippen LogP contribution in [0.1, 0.15) is 15.2 Å². The van der Waals surface area contributed by atoms with Gasteiger partial charge in [0.2, 0.25) is 0 Å². The number of hydrogen-bond acceptors (Lipinski definition) is 4. The van der Waals surface area contributed by atoms with Crippen LogP contribution in [0.2, 0.25) is 0 Å². The normalized spacial score (nSPS) is 9.85. The molecule has 0 fully saturated rings. The molecule has 70 valence electrons. The lowest BCUT2D eigenvalue weighted by Gasteiger charge is -1.88. The number of rotatable bonds is 3. The molecule has 0 saturated heterocycles. The molecular formula is C7H8N2O3S. The molecule has 5 nitrogen and oxygen atoms in total. The highest BCUT2D eigenvalue weighted by molar-refractivity contribution is 7.16. The molecule has 1 amide bonds. The predicted octanol–water partition coefficient (Wildman–Crippen LogP) is 0.0563. The van der Waals surface area contributed by atoms with Crippen molar-refractivity contribution in [2.75, 3.05) is 5.73 Å². The summed E-state index contributed by atoms with van der Waals surface area (Å²) in [6, 6.07) is 1.41. The van der Waals surface area contributed by atoms with E-state index in [9.17, 15) is 9.59 Å². The molecule has 0 aliphatic carbocycles. The highest BCUT2D eigenvalue weighted by Crippen LogP contribution is 2.24. The Morgan fingerprint density at radius 3 is 2.54 bits per heavy atom. The maximum Gasteiger partial charge on any atom is 0.308 e. The highest BCUT2D eigenvalue weighted by Gasteiger charge is 2.12. The molecule has 5 N–H and O–H groups in total. The molecule has 0 radical (unpaired) electrons. The second-order valence-electron chi connectivity index (χ2n) is 2.43. The quantitative estimate of drug-likeness (QED) is 0.641. The van der Waals surface area contributed by atoms with Crippen LogP contribution in [-0.2, 0) is 11.2 Å². The maximum atomic E-state index is 10.7. The molecule has 0 atom stereocenters. The third-order valence-electron chi connectivity index (χ3n) is 1.40. The SMILES string of the molecule is NC(=O)c1cc(CC(=O)O)sc1N. The molecule has 1 aromatic rings. The lowest BCUT2D eigenvalue weighted by Crippen LogP contribution is -2.11. The first kappa shape index (κ1) is 9.53. The van der Waals surface area contributed by atoms with Crippen molar-refractivity contribution in [2.45, 2.75) is 6.42 Å². The van der Waals surface area contributed by atoms with E-state index in [2.05, 4.69) is 0 Å². The van der Waals surface area contributed by atoms with Crippen molar-refractivity contribution in [2.24, 2.45) is 5.73 Å². The van der Waals surface area contributed by atoms with E-state index in [1.54, 1.807) is 0 Å². The van der Waals surface area contributed by atoms with Crippen molar-refractivity contribution in [3.8, 4) is 0 Å². The topological polar surface area (TPSA) is 106 Å². The van der Waals surface area contributed by atoms with E-state index in [-0.39, 0.29) is 17.0 Å². The largest absolute Gasteiger partial charge is 0.481 e. The first-order valence-electron chi connectivity index (χ1n) is 3.40. The summed E-state index contributed by atoms with van der Waals surface area (Å²) < 4.78 is 0. The van der Waals surface area contributed by atoms with Gasteiger partial charge in [-0.15, -0.1) is 11.3 Å². The Labute approximate surface area is 78.0 Å². The summed E-state index contributed by atoms with van der Waals surface area (Å²) in [5.74, 6) is -1.59. The van der Waals surface area contributed by atoms with Gasteiger partial charge in [0.25, 0.3) is 5.91 Å². The van der Waals surface area contributed by atoms with Crippen molar-refractivity contribution in [3.05, 3.63) is 16.5 Å². The zero-order chi connectivity index (χ0) is 10.0. The van der Waals surface area contributed by atoms with Crippen molar-refractivity contribution in [1.29, 1.82) is 0 Å². The van der Waals surface area contributed by atoms with Crippen LogP contribution in [0.4, 0.5) is 5.00 Å². The van der Waals surface area contributed by atoms with Crippen LogP contribution in [0.25, 0.3) is 0 Å². The van der Waals surface area contributed by atoms with E-state index in [1.807, 2.05) is 0 Å². The summed E-state index contributed by atoms with van der Waals surface area (Å²) in [4.78, 5) is 21.6. The second-order valence-corrected chi connectivity index (χ2v) is 3.59. The summed E-state index contributed by atoms with van der Waals surface area (Å²) in [6.45, 7) is 0. The fourth-order valence-corrected chi connectivity index (χ4v) is 1.81. The van der Waals surface area contributed by atoms with Gasteiger partial charge in [0.05, 0.1) is 17.0 Å². The molecule has 1 rings (SSSR count). The molecule has 0 aromatic carbocycles. The van der Waals surface area contributed by atoms with Crippen LogP contribution in [0.15, 0.2) is 6.07 Å². The number of anilines is 1. The minimum absolute atomic E-state index is 0.137. The Balaban J connectivity index is 2.95. The van der Waals surface area contributed by atoms with Crippen LogP contribution in [0.5, 0.6) is 0 Å². The molecule has 0 spiro atoms. The van der Waals surface area contributed by atoms with Crippen LogP contribution < -0.4 is 11.5 Å². The number of nitrogen functional groups attached to an aromatic ring is 1. The monoisotopic (exact) mass is 200 g/mol. The smallest absolute Gasteiger partial charge is 0.308 e. The predicted molar refractivity (Wildman–Crippen MR) is 48.6 cm³/mol. The zero-order valence-corrected chi connectivity index (χ0v) is 7.43. The van der Waals surface area contributed by atoms with Gasteiger partial charge >= 0.3 is 5.97 Å². The van der Waals surface area contributed by atoms with E-state index < -0.39 is 11.9 Å². The highest BCUT2D eigenvalue weighted by atomic mass is 32.1. The van der Waals surface area contributed by atoms with E-state index >= 15 is 0 Å². The number of amides is 1. The van der Waals surface area contributed by atoms with Crippen LogP contribution in [0, 0.1) is 0 Å². The summed E-state index contributed by atoms with van der Waals surface area (Å²) >= 11 is 1.07. The van der Waals surface area contributed by atoms with Gasteiger partial charge < -0.3 is 16.6 Å². The second kappa shape index (κ2) is 3.44. The molecule has 6 heteroatoms. The third-order valence-corrected chi connectivity index (χ3v) is 2.37. The lowest BCUT2D eigenvalue weighted by molar-refractivity contribution is -0.136. The minimum atomic E-state index is -0.961. The van der Waals surface area contributed by atoms with E-state index in [4.69, 9.17) is 16.6 Å². The molecule has 1 aromatic heterocycles. The van der Waals surface area contributed by atoms with Gasteiger partial charge in [0.15, 0.2) is 0 Å². The number of nitrogens with two attached hydrogens (primary N) is 2. The first-order valence-corrected chi connectivity index (χ1v) is 4.22. The van der Waals surface area contributed by atoms with Gasteiger partial charge in [-0.3, -0.25) is 9.59 Å². The Kier molecular flexibility index (Phi) is 2.52. The fraction of sp³-hybridized carbons (Fsp3) is 0.143. The molecule has 0 saturated carbocycles. The van der Waals surface area contributed by atoms with Crippen molar-refractivity contribution in [1.82, 2.24) is 0 Å². The van der Waals surface area contributed by atoms with Crippen LogP contribution >= 0.6 is 11.3 Å². The summed E-state index contributed by atoms with van der Waals surface area (Å²) in [6.07, 6.45) is -0.137. The average Bonchev–Trinajstić information content (AvgIpc) is 2.29.